The van der Waals surface area contributed by atoms with E-state index in [1.54, 1.807) is 6.20 Å². The smallest absolute Gasteiger partial charge is 0.223 e. The summed E-state index contributed by atoms with van der Waals surface area (Å²) in [7, 11) is 0. The van der Waals surface area contributed by atoms with Crippen molar-refractivity contribution in [2.45, 2.75) is 40.5 Å². The molecule has 0 atom stereocenters. The predicted molar refractivity (Wildman–Crippen MR) is 114 cm³/mol. The molecule has 0 fully saturated rings. The van der Waals surface area contributed by atoms with Crippen molar-refractivity contribution in [3.05, 3.63) is 41.4 Å². The molecule has 1 amide bonds. The van der Waals surface area contributed by atoms with Crippen LogP contribution < -0.4 is 0 Å². The van der Waals surface area contributed by atoms with E-state index in [0.29, 0.717) is 35.4 Å². The highest BCUT2D eigenvalue weighted by Gasteiger charge is 2.17. The van der Waals surface area contributed by atoms with Crippen LogP contribution in [-0.2, 0) is 11.2 Å². The van der Waals surface area contributed by atoms with Crippen molar-refractivity contribution in [3.8, 4) is 11.3 Å². The molecular formula is C22H32ClN3O2. The normalized spacial score (nSPS) is 11.4. The number of aryl methyl sites for hydroxylation is 1. The number of hydrogen-bond acceptors (Lipinski definition) is 4. The van der Waals surface area contributed by atoms with Crippen LogP contribution in [0.3, 0.4) is 0 Å². The number of carbonyl (C=O) groups is 1. The van der Waals surface area contributed by atoms with Gasteiger partial charge in [0.1, 0.15) is 0 Å². The molecule has 0 radical (unpaired) electrons. The molecule has 154 valence electrons. The van der Waals surface area contributed by atoms with Gasteiger partial charge in [0.15, 0.2) is 11.7 Å². The van der Waals surface area contributed by atoms with Crippen LogP contribution in [0, 0.1) is 5.92 Å². The molecule has 2 aromatic rings. The van der Waals surface area contributed by atoms with Crippen molar-refractivity contribution < 1.29 is 9.21 Å². The number of halogens is 1. The summed E-state index contributed by atoms with van der Waals surface area (Å²) in [5, 5.41) is 0.684. The van der Waals surface area contributed by atoms with Gasteiger partial charge in [-0.25, -0.2) is 4.98 Å². The van der Waals surface area contributed by atoms with Crippen LogP contribution >= 0.6 is 11.6 Å². The molecule has 0 saturated heterocycles. The monoisotopic (exact) mass is 405 g/mol. The van der Waals surface area contributed by atoms with Crippen LogP contribution in [0.25, 0.3) is 11.3 Å². The van der Waals surface area contributed by atoms with E-state index in [1.165, 1.54) is 0 Å². The van der Waals surface area contributed by atoms with E-state index in [1.807, 2.05) is 29.2 Å². The van der Waals surface area contributed by atoms with Gasteiger partial charge in [0.05, 0.1) is 6.20 Å². The number of amides is 1. The summed E-state index contributed by atoms with van der Waals surface area (Å²) < 4.78 is 5.82. The Bertz CT molecular complexity index is 724. The molecule has 5 nitrogen and oxygen atoms in total. The maximum atomic E-state index is 12.8. The van der Waals surface area contributed by atoms with Crippen LogP contribution in [0.2, 0.25) is 5.02 Å². The largest absolute Gasteiger partial charge is 0.441 e. The second kappa shape index (κ2) is 11.2. The van der Waals surface area contributed by atoms with Crippen molar-refractivity contribution in [1.29, 1.82) is 0 Å². The van der Waals surface area contributed by atoms with E-state index in [9.17, 15) is 4.79 Å². The van der Waals surface area contributed by atoms with Gasteiger partial charge >= 0.3 is 0 Å². The average molecular weight is 406 g/mol. The molecule has 1 aromatic carbocycles. The highest BCUT2D eigenvalue weighted by Crippen LogP contribution is 2.22. The molecule has 0 unspecified atom stereocenters. The Morgan fingerprint density at radius 3 is 2.43 bits per heavy atom. The minimum absolute atomic E-state index is 0.159. The zero-order valence-corrected chi connectivity index (χ0v) is 18.2. The SMILES string of the molecule is CCN(CC)CCN(CC(C)C)C(=O)CCc1ncc(-c2ccc(Cl)cc2)o1. The summed E-state index contributed by atoms with van der Waals surface area (Å²) >= 11 is 5.93. The molecule has 0 aliphatic heterocycles. The summed E-state index contributed by atoms with van der Waals surface area (Å²) in [5.74, 6) is 1.89. The molecule has 0 saturated carbocycles. The van der Waals surface area contributed by atoms with Crippen molar-refractivity contribution in [2.24, 2.45) is 5.92 Å². The first-order chi connectivity index (χ1) is 13.4. The Labute approximate surface area is 173 Å². The van der Waals surface area contributed by atoms with Gasteiger partial charge < -0.3 is 14.2 Å². The molecule has 1 heterocycles. The van der Waals surface area contributed by atoms with Crippen LogP contribution in [0.4, 0.5) is 0 Å². The Hall–Kier alpha value is -1.85. The van der Waals surface area contributed by atoms with Crippen LogP contribution in [0.15, 0.2) is 34.9 Å². The number of rotatable bonds is 11. The van der Waals surface area contributed by atoms with Gasteiger partial charge in [-0.2, -0.15) is 0 Å². The fraction of sp³-hybridized carbons (Fsp3) is 0.545. The minimum Gasteiger partial charge on any atom is -0.441 e. The van der Waals surface area contributed by atoms with E-state index in [-0.39, 0.29) is 5.91 Å². The fourth-order valence-electron chi connectivity index (χ4n) is 3.11. The zero-order chi connectivity index (χ0) is 20.5. The maximum Gasteiger partial charge on any atom is 0.223 e. The molecule has 0 bridgehead atoms. The summed E-state index contributed by atoms with van der Waals surface area (Å²) in [6, 6.07) is 7.44. The van der Waals surface area contributed by atoms with Gasteiger partial charge in [-0.3, -0.25) is 4.79 Å². The van der Waals surface area contributed by atoms with E-state index in [0.717, 1.165) is 38.3 Å². The number of nitrogens with zero attached hydrogens (tertiary/aromatic N) is 3. The van der Waals surface area contributed by atoms with Crippen molar-refractivity contribution in [3.63, 3.8) is 0 Å². The zero-order valence-electron chi connectivity index (χ0n) is 17.4. The van der Waals surface area contributed by atoms with Gasteiger partial charge in [-0.15, -0.1) is 0 Å². The van der Waals surface area contributed by atoms with E-state index >= 15 is 0 Å². The lowest BCUT2D eigenvalue weighted by Crippen LogP contribution is -2.40. The number of carbonyl (C=O) groups excluding carboxylic acids is 1. The third-order valence-corrected chi connectivity index (χ3v) is 5.01. The standard InChI is InChI=1S/C22H32ClN3O2/c1-5-25(6-2)13-14-26(16-17(3)4)22(27)12-11-21-24-15-20(28-21)18-7-9-19(23)10-8-18/h7-10,15,17H,5-6,11-14,16H2,1-4H3. The molecule has 0 aliphatic rings. The number of likely N-dealkylation sites (N-methyl/N-ethyl adjacent to an activating group) is 1. The van der Waals surface area contributed by atoms with E-state index < -0.39 is 0 Å². The summed E-state index contributed by atoms with van der Waals surface area (Å²) in [4.78, 5) is 21.4. The number of hydrogen-bond donors (Lipinski definition) is 0. The second-order valence-electron chi connectivity index (χ2n) is 7.39. The highest BCUT2D eigenvalue weighted by molar-refractivity contribution is 6.30. The van der Waals surface area contributed by atoms with Crippen molar-refractivity contribution in [1.82, 2.24) is 14.8 Å². The molecule has 28 heavy (non-hydrogen) atoms. The fourth-order valence-corrected chi connectivity index (χ4v) is 3.23. The molecule has 0 spiro atoms. The van der Waals surface area contributed by atoms with Crippen molar-refractivity contribution >= 4 is 17.5 Å². The van der Waals surface area contributed by atoms with Crippen LogP contribution in [0.1, 0.15) is 40.0 Å². The lowest BCUT2D eigenvalue weighted by Gasteiger charge is -2.28. The average Bonchev–Trinajstić information content (AvgIpc) is 3.15. The Morgan fingerprint density at radius 1 is 1.14 bits per heavy atom. The quantitative estimate of drug-likeness (QED) is 0.541. The summed E-state index contributed by atoms with van der Waals surface area (Å²) in [6.45, 7) is 13.0. The molecule has 6 heteroatoms. The van der Waals surface area contributed by atoms with Crippen LogP contribution in [0.5, 0.6) is 0 Å². The lowest BCUT2D eigenvalue weighted by atomic mass is 10.2. The molecular weight excluding hydrogens is 374 g/mol. The van der Waals surface area contributed by atoms with Crippen molar-refractivity contribution in [2.75, 3.05) is 32.7 Å². The molecule has 2 rings (SSSR count). The van der Waals surface area contributed by atoms with Gasteiger partial charge in [-0.1, -0.05) is 39.3 Å². The second-order valence-corrected chi connectivity index (χ2v) is 7.82. The van der Waals surface area contributed by atoms with Gasteiger partial charge in [0.2, 0.25) is 5.91 Å². The molecule has 0 N–H and O–H groups in total. The van der Waals surface area contributed by atoms with E-state index in [4.69, 9.17) is 16.0 Å². The third-order valence-electron chi connectivity index (χ3n) is 4.75. The maximum absolute atomic E-state index is 12.8. The minimum atomic E-state index is 0.159. The highest BCUT2D eigenvalue weighted by atomic mass is 35.5. The van der Waals surface area contributed by atoms with Gasteiger partial charge in [0, 0.05) is 43.1 Å². The molecule has 1 aromatic heterocycles. The number of benzene rings is 1. The number of aromatic nitrogens is 1. The topological polar surface area (TPSA) is 49.6 Å². The first kappa shape index (κ1) is 22.4. The Morgan fingerprint density at radius 2 is 1.82 bits per heavy atom. The number of oxazole rings is 1. The lowest BCUT2D eigenvalue weighted by molar-refractivity contribution is -0.132. The summed E-state index contributed by atoms with van der Waals surface area (Å²) in [6.07, 6.45) is 2.62. The Balaban J connectivity index is 1.93. The van der Waals surface area contributed by atoms with E-state index in [2.05, 4.69) is 37.6 Å². The van der Waals surface area contributed by atoms with Crippen LogP contribution in [-0.4, -0.2) is 53.4 Å². The third kappa shape index (κ3) is 6.95. The Kier molecular flexibility index (Phi) is 9.00. The molecule has 0 aliphatic carbocycles. The van der Waals surface area contributed by atoms with Gasteiger partial charge in [0.25, 0.3) is 0 Å². The first-order valence-electron chi connectivity index (χ1n) is 10.1. The predicted octanol–water partition coefficient (Wildman–Crippen LogP) is 4.75. The first-order valence-corrected chi connectivity index (χ1v) is 10.5. The summed E-state index contributed by atoms with van der Waals surface area (Å²) in [5.41, 5.74) is 0.926. The van der Waals surface area contributed by atoms with Gasteiger partial charge in [-0.05, 0) is 43.3 Å².